The molecule has 0 aliphatic heterocycles. The van der Waals surface area contributed by atoms with Crippen molar-refractivity contribution in [3.05, 3.63) is 0 Å². The molecular formula is C10H22O2. The average molecular weight is 174 g/mol. The second kappa shape index (κ2) is 7.56. The molecule has 0 heterocycles. The maximum absolute atomic E-state index is 5.37. The number of hydrogen-bond acceptors (Lipinski definition) is 2. The molecular weight excluding hydrogens is 152 g/mol. The van der Waals surface area contributed by atoms with Crippen molar-refractivity contribution in [2.24, 2.45) is 11.8 Å². The molecule has 1 unspecified atom stereocenters. The fraction of sp³-hybridized carbons (Fsp3) is 1.00. The van der Waals surface area contributed by atoms with Crippen molar-refractivity contribution in [2.45, 2.75) is 27.2 Å². The molecule has 2 nitrogen and oxygen atoms in total. The SMILES string of the molecule is CCOCC(COC)CC(C)C. The Hall–Kier alpha value is -0.0800. The van der Waals surface area contributed by atoms with Gasteiger partial charge in [-0.05, 0) is 19.3 Å². The zero-order valence-corrected chi connectivity index (χ0v) is 8.80. The van der Waals surface area contributed by atoms with Crippen molar-refractivity contribution >= 4 is 0 Å². The monoisotopic (exact) mass is 174 g/mol. The number of ether oxygens (including phenoxy) is 2. The number of rotatable bonds is 7. The highest BCUT2D eigenvalue weighted by Crippen LogP contribution is 2.12. The molecule has 0 aromatic carbocycles. The van der Waals surface area contributed by atoms with E-state index in [-0.39, 0.29) is 0 Å². The third-order valence-electron chi connectivity index (χ3n) is 1.76. The predicted octanol–water partition coefficient (Wildman–Crippen LogP) is 2.33. The first-order valence-corrected chi connectivity index (χ1v) is 4.77. The molecule has 0 radical (unpaired) electrons. The van der Waals surface area contributed by atoms with Crippen LogP contribution in [0.3, 0.4) is 0 Å². The zero-order valence-electron chi connectivity index (χ0n) is 8.80. The van der Waals surface area contributed by atoms with Crippen molar-refractivity contribution < 1.29 is 9.47 Å². The summed E-state index contributed by atoms with van der Waals surface area (Å²) in [5.41, 5.74) is 0. The standard InChI is InChI=1S/C10H22O2/c1-5-12-8-10(7-11-4)6-9(2)3/h9-10H,5-8H2,1-4H3. The minimum atomic E-state index is 0.565. The summed E-state index contributed by atoms with van der Waals surface area (Å²) in [6, 6.07) is 0. The van der Waals surface area contributed by atoms with Gasteiger partial charge in [-0.3, -0.25) is 0 Å². The summed E-state index contributed by atoms with van der Waals surface area (Å²) in [5, 5.41) is 0. The first-order chi connectivity index (χ1) is 5.70. The second-order valence-corrected chi connectivity index (χ2v) is 3.61. The Bertz CT molecular complexity index is 91.8. The van der Waals surface area contributed by atoms with Crippen LogP contribution >= 0.6 is 0 Å². The first kappa shape index (κ1) is 11.9. The largest absolute Gasteiger partial charge is 0.384 e. The lowest BCUT2D eigenvalue weighted by Crippen LogP contribution is -2.17. The molecule has 74 valence electrons. The van der Waals surface area contributed by atoms with E-state index in [1.807, 2.05) is 6.92 Å². The van der Waals surface area contributed by atoms with Crippen molar-refractivity contribution in [2.75, 3.05) is 26.9 Å². The van der Waals surface area contributed by atoms with Crippen LogP contribution in [0.25, 0.3) is 0 Å². The van der Waals surface area contributed by atoms with E-state index in [0.717, 1.165) is 25.7 Å². The molecule has 0 aliphatic carbocycles. The molecule has 0 bridgehead atoms. The zero-order chi connectivity index (χ0) is 9.40. The van der Waals surface area contributed by atoms with Crippen LogP contribution < -0.4 is 0 Å². The van der Waals surface area contributed by atoms with E-state index in [2.05, 4.69) is 13.8 Å². The molecule has 2 heteroatoms. The molecule has 12 heavy (non-hydrogen) atoms. The molecule has 1 atom stereocenters. The lowest BCUT2D eigenvalue weighted by Gasteiger charge is -2.17. The van der Waals surface area contributed by atoms with Gasteiger partial charge in [0.05, 0.1) is 13.2 Å². The van der Waals surface area contributed by atoms with Crippen LogP contribution in [0.1, 0.15) is 27.2 Å². The van der Waals surface area contributed by atoms with Crippen molar-refractivity contribution in [1.82, 2.24) is 0 Å². The van der Waals surface area contributed by atoms with Crippen molar-refractivity contribution in [1.29, 1.82) is 0 Å². The highest BCUT2D eigenvalue weighted by atomic mass is 16.5. The van der Waals surface area contributed by atoms with Gasteiger partial charge < -0.3 is 9.47 Å². The van der Waals surface area contributed by atoms with Crippen LogP contribution in [0.15, 0.2) is 0 Å². The topological polar surface area (TPSA) is 18.5 Å². The molecule has 0 aromatic rings. The van der Waals surface area contributed by atoms with Gasteiger partial charge in [-0.25, -0.2) is 0 Å². The molecule has 0 N–H and O–H groups in total. The van der Waals surface area contributed by atoms with Crippen LogP contribution in [0.4, 0.5) is 0 Å². The lowest BCUT2D eigenvalue weighted by molar-refractivity contribution is 0.0547. The molecule has 0 spiro atoms. The Morgan fingerprint density at radius 3 is 2.25 bits per heavy atom. The molecule has 0 saturated heterocycles. The molecule has 0 saturated carbocycles. The summed E-state index contributed by atoms with van der Waals surface area (Å²) in [7, 11) is 1.75. The minimum Gasteiger partial charge on any atom is -0.384 e. The van der Waals surface area contributed by atoms with E-state index in [9.17, 15) is 0 Å². The van der Waals surface area contributed by atoms with Gasteiger partial charge in [0.25, 0.3) is 0 Å². The highest BCUT2D eigenvalue weighted by molar-refractivity contribution is 4.59. The summed E-state index contributed by atoms with van der Waals surface area (Å²) >= 11 is 0. The van der Waals surface area contributed by atoms with Gasteiger partial charge in [0, 0.05) is 19.6 Å². The van der Waals surface area contributed by atoms with Crippen molar-refractivity contribution in [3.8, 4) is 0 Å². The van der Waals surface area contributed by atoms with Crippen LogP contribution in [0.2, 0.25) is 0 Å². The van der Waals surface area contributed by atoms with Crippen LogP contribution in [0.5, 0.6) is 0 Å². The molecule has 0 amide bonds. The maximum Gasteiger partial charge on any atom is 0.0516 e. The lowest BCUT2D eigenvalue weighted by atomic mass is 9.99. The Labute approximate surface area is 76.3 Å². The summed E-state index contributed by atoms with van der Waals surface area (Å²) in [6.07, 6.45) is 1.19. The molecule has 0 rings (SSSR count). The summed E-state index contributed by atoms with van der Waals surface area (Å²) < 4.78 is 10.5. The van der Waals surface area contributed by atoms with Gasteiger partial charge in [0.2, 0.25) is 0 Å². The Balaban J connectivity index is 3.54. The van der Waals surface area contributed by atoms with Gasteiger partial charge >= 0.3 is 0 Å². The third kappa shape index (κ3) is 6.62. The first-order valence-electron chi connectivity index (χ1n) is 4.77. The second-order valence-electron chi connectivity index (χ2n) is 3.61. The smallest absolute Gasteiger partial charge is 0.0516 e. The van der Waals surface area contributed by atoms with E-state index in [4.69, 9.17) is 9.47 Å². The Morgan fingerprint density at radius 2 is 1.83 bits per heavy atom. The highest BCUT2D eigenvalue weighted by Gasteiger charge is 2.10. The minimum absolute atomic E-state index is 0.565. The van der Waals surface area contributed by atoms with Gasteiger partial charge in [-0.15, -0.1) is 0 Å². The quantitative estimate of drug-likeness (QED) is 0.589. The van der Waals surface area contributed by atoms with Crippen LogP contribution in [0, 0.1) is 11.8 Å². The summed E-state index contributed by atoms with van der Waals surface area (Å²) in [4.78, 5) is 0. The van der Waals surface area contributed by atoms with Crippen LogP contribution in [-0.4, -0.2) is 26.9 Å². The average Bonchev–Trinajstić information content (AvgIpc) is 2.00. The van der Waals surface area contributed by atoms with E-state index in [0.29, 0.717) is 5.92 Å². The molecule has 0 fully saturated rings. The van der Waals surface area contributed by atoms with Gasteiger partial charge in [0.15, 0.2) is 0 Å². The normalized spacial score (nSPS) is 13.8. The Morgan fingerprint density at radius 1 is 1.17 bits per heavy atom. The fourth-order valence-corrected chi connectivity index (χ4v) is 1.37. The molecule has 0 aliphatic rings. The molecule has 0 aromatic heterocycles. The van der Waals surface area contributed by atoms with Crippen molar-refractivity contribution in [3.63, 3.8) is 0 Å². The van der Waals surface area contributed by atoms with E-state index < -0.39 is 0 Å². The van der Waals surface area contributed by atoms with Gasteiger partial charge in [-0.2, -0.15) is 0 Å². The Kier molecular flexibility index (Phi) is 7.51. The van der Waals surface area contributed by atoms with E-state index >= 15 is 0 Å². The number of methoxy groups -OCH3 is 1. The van der Waals surface area contributed by atoms with Gasteiger partial charge in [-0.1, -0.05) is 13.8 Å². The fourth-order valence-electron chi connectivity index (χ4n) is 1.37. The summed E-state index contributed by atoms with van der Waals surface area (Å²) in [6.45, 7) is 8.95. The van der Waals surface area contributed by atoms with E-state index in [1.165, 1.54) is 6.42 Å². The van der Waals surface area contributed by atoms with Gasteiger partial charge in [0.1, 0.15) is 0 Å². The summed E-state index contributed by atoms with van der Waals surface area (Å²) in [5.74, 6) is 1.29. The third-order valence-corrected chi connectivity index (χ3v) is 1.76. The predicted molar refractivity (Wildman–Crippen MR) is 51.3 cm³/mol. The van der Waals surface area contributed by atoms with Crippen LogP contribution in [-0.2, 0) is 9.47 Å². The maximum atomic E-state index is 5.37. The van der Waals surface area contributed by atoms with E-state index in [1.54, 1.807) is 7.11 Å². The number of hydrogen-bond donors (Lipinski definition) is 0.